The van der Waals surface area contributed by atoms with Gasteiger partial charge in [-0.1, -0.05) is 18.6 Å². The lowest BCUT2D eigenvalue weighted by atomic mass is 10.2. The highest BCUT2D eigenvalue weighted by molar-refractivity contribution is 7.89. The number of carbonyl (C=O) groups excluding carboxylic acids is 1. The molecule has 1 heterocycles. The van der Waals surface area contributed by atoms with Crippen molar-refractivity contribution in [2.45, 2.75) is 30.8 Å². The summed E-state index contributed by atoms with van der Waals surface area (Å²) in [5.41, 5.74) is 0.408. The van der Waals surface area contributed by atoms with Crippen molar-refractivity contribution in [3.8, 4) is 11.5 Å². The molecular weight excluding hydrogens is 444 g/mol. The van der Waals surface area contributed by atoms with Crippen LogP contribution < -0.4 is 20.1 Å². The van der Waals surface area contributed by atoms with Crippen molar-refractivity contribution in [3.05, 3.63) is 42.5 Å². The first-order valence-corrected chi connectivity index (χ1v) is 11.5. The molecule has 2 aromatic carbocycles. The molecule has 1 saturated heterocycles. The third-order valence-corrected chi connectivity index (χ3v) is 6.83. The second-order valence-electron chi connectivity index (χ2n) is 7.10. The summed E-state index contributed by atoms with van der Waals surface area (Å²) in [7, 11) is -2.29. The zero-order valence-electron chi connectivity index (χ0n) is 17.5. The molecular formula is C21H25F2N3O5S. The second-order valence-corrected chi connectivity index (χ2v) is 9.04. The number of hydrogen-bond acceptors (Lipinski definition) is 6. The monoisotopic (exact) mass is 469 g/mol. The Morgan fingerprint density at radius 2 is 1.78 bits per heavy atom. The maximum absolute atomic E-state index is 12.9. The van der Waals surface area contributed by atoms with Gasteiger partial charge in [-0.05, 0) is 43.2 Å². The average molecular weight is 470 g/mol. The average Bonchev–Trinajstić information content (AvgIpc) is 2.78. The Morgan fingerprint density at radius 3 is 2.47 bits per heavy atom. The zero-order chi connectivity index (χ0) is 23.1. The van der Waals surface area contributed by atoms with E-state index < -0.39 is 22.5 Å². The first kappa shape index (κ1) is 23.7. The lowest BCUT2D eigenvalue weighted by Gasteiger charge is -2.26. The number of nitrogens with one attached hydrogen (secondary N) is 2. The van der Waals surface area contributed by atoms with Crippen molar-refractivity contribution in [3.63, 3.8) is 0 Å². The third kappa shape index (κ3) is 5.86. The van der Waals surface area contributed by atoms with Gasteiger partial charge in [0.2, 0.25) is 15.9 Å². The van der Waals surface area contributed by atoms with Gasteiger partial charge in [-0.15, -0.1) is 0 Å². The number of rotatable bonds is 9. The molecule has 174 valence electrons. The normalized spacial score (nSPS) is 14.8. The summed E-state index contributed by atoms with van der Waals surface area (Å²) in [6, 6.07) is 10.3. The number of halogens is 2. The largest absolute Gasteiger partial charge is 0.495 e. The molecule has 8 nitrogen and oxygen atoms in total. The summed E-state index contributed by atoms with van der Waals surface area (Å²) in [6.07, 6.45) is 2.61. The van der Waals surface area contributed by atoms with Crippen LogP contribution in [0.1, 0.15) is 19.3 Å². The van der Waals surface area contributed by atoms with Gasteiger partial charge in [0.25, 0.3) is 0 Å². The van der Waals surface area contributed by atoms with Crippen molar-refractivity contribution in [2.24, 2.45) is 0 Å². The minimum absolute atomic E-state index is 0.0548. The fourth-order valence-corrected chi connectivity index (χ4v) is 4.92. The van der Waals surface area contributed by atoms with Gasteiger partial charge in [0.15, 0.2) is 0 Å². The highest BCUT2D eigenvalue weighted by atomic mass is 32.2. The fraction of sp³-hybridized carbons (Fsp3) is 0.381. The first-order valence-electron chi connectivity index (χ1n) is 10.1. The molecule has 0 unspecified atom stereocenters. The number of methoxy groups -OCH3 is 1. The first-order chi connectivity index (χ1) is 15.3. The molecule has 2 N–H and O–H groups in total. The van der Waals surface area contributed by atoms with Gasteiger partial charge in [0.1, 0.15) is 11.5 Å². The molecule has 1 fully saturated rings. The molecule has 0 bridgehead atoms. The Kier molecular flexibility index (Phi) is 7.86. The summed E-state index contributed by atoms with van der Waals surface area (Å²) in [6.45, 7) is -2.35. The molecule has 0 saturated carbocycles. The van der Waals surface area contributed by atoms with E-state index in [0.29, 0.717) is 13.1 Å². The number of benzene rings is 2. The molecule has 0 spiro atoms. The van der Waals surface area contributed by atoms with Crippen molar-refractivity contribution >= 4 is 27.3 Å². The highest BCUT2D eigenvalue weighted by Gasteiger charge is 2.27. The van der Waals surface area contributed by atoms with Crippen molar-refractivity contribution in [1.29, 1.82) is 0 Å². The Morgan fingerprint density at radius 1 is 1.06 bits per heavy atom. The molecule has 2 aromatic rings. The summed E-state index contributed by atoms with van der Waals surface area (Å²) in [5.74, 6) is -0.331. The van der Waals surface area contributed by atoms with Crippen LogP contribution in [0.15, 0.2) is 47.4 Å². The maximum atomic E-state index is 12.9. The van der Waals surface area contributed by atoms with Gasteiger partial charge in [0.05, 0.1) is 29.9 Å². The van der Waals surface area contributed by atoms with E-state index in [0.717, 1.165) is 19.3 Å². The Bertz CT molecular complexity index is 1040. The van der Waals surface area contributed by atoms with Gasteiger partial charge in [-0.25, -0.2) is 8.42 Å². The predicted molar refractivity (Wildman–Crippen MR) is 116 cm³/mol. The van der Waals surface area contributed by atoms with Crippen LogP contribution in [0.5, 0.6) is 11.5 Å². The number of ether oxygens (including phenoxy) is 2. The number of sulfonamides is 1. The lowest BCUT2D eigenvalue weighted by Crippen LogP contribution is -2.35. The molecule has 32 heavy (non-hydrogen) atoms. The molecule has 0 aromatic heterocycles. The van der Waals surface area contributed by atoms with Crippen LogP contribution in [0.4, 0.5) is 20.2 Å². The summed E-state index contributed by atoms with van der Waals surface area (Å²) < 4.78 is 62.1. The van der Waals surface area contributed by atoms with Gasteiger partial charge < -0.3 is 20.1 Å². The van der Waals surface area contributed by atoms with E-state index >= 15 is 0 Å². The van der Waals surface area contributed by atoms with E-state index in [1.54, 1.807) is 6.07 Å². The van der Waals surface area contributed by atoms with Crippen molar-refractivity contribution in [2.75, 3.05) is 37.4 Å². The minimum atomic E-state index is -3.69. The Labute approximate surface area is 185 Å². The smallest absolute Gasteiger partial charge is 0.387 e. The number of carbonyl (C=O) groups is 1. The quantitative estimate of drug-likeness (QED) is 0.583. The molecule has 3 rings (SSSR count). The Hall–Kier alpha value is -2.92. The van der Waals surface area contributed by atoms with E-state index in [-0.39, 0.29) is 34.3 Å². The van der Waals surface area contributed by atoms with Crippen LogP contribution in [-0.2, 0) is 14.8 Å². The summed E-state index contributed by atoms with van der Waals surface area (Å²) >= 11 is 0. The summed E-state index contributed by atoms with van der Waals surface area (Å²) in [4.78, 5) is 12.5. The highest BCUT2D eigenvalue weighted by Crippen LogP contribution is 2.30. The molecule has 0 radical (unpaired) electrons. The molecule has 1 aliphatic heterocycles. The Balaban J connectivity index is 1.72. The van der Waals surface area contributed by atoms with Crippen LogP contribution in [0, 0.1) is 0 Å². The van der Waals surface area contributed by atoms with Gasteiger partial charge >= 0.3 is 6.61 Å². The second kappa shape index (κ2) is 10.6. The van der Waals surface area contributed by atoms with Crippen LogP contribution >= 0.6 is 0 Å². The molecule has 0 atom stereocenters. The standard InChI is InChI=1S/C21H25F2N3O5S/c1-30-18-10-9-15(32(28,29)26-11-5-2-6-12-26)13-17(18)25-20(27)14-24-16-7-3-4-8-19(16)31-21(22)23/h3-4,7-10,13,21,24H,2,5-6,11-12,14H2,1H3,(H,25,27). The SMILES string of the molecule is COc1ccc(S(=O)(=O)N2CCCCC2)cc1NC(=O)CNc1ccccc1OC(F)F. The van der Waals surface area contributed by atoms with E-state index in [1.807, 2.05) is 0 Å². The van der Waals surface area contributed by atoms with Crippen molar-refractivity contribution < 1.29 is 31.5 Å². The number of alkyl halides is 2. The number of nitrogens with zero attached hydrogens (tertiary/aromatic N) is 1. The predicted octanol–water partition coefficient (Wildman–Crippen LogP) is 3.52. The number of anilines is 2. The molecule has 11 heteroatoms. The van der Waals surface area contributed by atoms with E-state index in [2.05, 4.69) is 15.4 Å². The zero-order valence-corrected chi connectivity index (χ0v) is 18.3. The maximum Gasteiger partial charge on any atom is 0.387 e. The topological polar surface area (TPSA) is 97.0 Å². The van der Waals surface area contributed by atoms with Gasteiger partial charge in [-0.2, -0.15) is 13.1 Å². The fourth-order valence-electron chi connectivity index (χ4n) is 3.38. The molecule has 1 amide bonds. The van der Waals surface area contributed by atoms with Crippen molar-refractivity contribution in [1.82, 2.24) is 4.31 Å². The summed E-state index contributed by atoms with van der Waals surface area (Å²) in [5, 5.41) is 5.34. The molecule has 0 aliphatic carbocycles. The van der Waals surface area contributed by atoms with Gasteiger partial charge in [0, 0.05) is 13.1 Å². The lowest BCUT2D eigenvalue weighted by molar-refractivity contribution is -0.114. The van der Waals surface area contributed by atoms with Crippen LogP contribution in [0.3, 0.4) is 0 Å². The minimum Gasteiger partial charge on any atom is -0.495 e. The van der Waals surface area contributed by atoms with E-state index in [4.69, 9.17) is 4.74 Å². The van der Waals surface area contributed by atoms with Crippen LogP contribution in [0.25, 0.3) is 0 Å². The van der Waals surface area contributed by atoms with Crippen LogP contribution in [-0.4, -0.2) is 52.0 Å². The number of piperidine rings is 1. The molecule has 1 aliphatic rings. The van der Waals surface area contributed by atoms with E-state index in [9.17, 15) is 22.0 Å². The number of hydrogen-bond donors (Lipinski definition) is 2. The van der Waals surface area contributed by atoms with Gasteiger partial charge in [-0.3, -0.25) is 4.79 Å². The number of amides is 1. The third-order valence-electron chi connectivity index (χ3n) is 4.94. The number of para-hydroxylation sites is 2. The van der Waals surface area contributed by atoms with E-state index in [1.165, 1.54) is 47.8 Å². The van der Waals surface area contributed by atoms with Crippen LogP contribution in [0.2, 0.25) is 0 Å².